The standard InChI is InChI=1S/C44H76/c1-2-3-4-5-6-7-8-9-10-11-12-13-14-15-16-17-18-19-20-21-22-23-24-25-26-27-28-29-30-31-32-33-36-42-39-40-43-37-34-35-38-44(43)41-42/h34-35,37-41H,2-33,36H2,1H3. The largest absolute Gasteiger partial charge is 0.0654 e. The van der Waals surface area contributed by atoms with Crippen molar-refractivity contribution in [3.8, 4) is 0 Å². The van der Waals surface area contributed by atoms with Crippen molar-refractivity contribution in [2.75, 3.05) is 0 Å². The van der Waals surface area contributed by atoms with E-state index in [4.69, 9.17) is 0 Å². The summed E-state index contributed by atoms with van der Waals surface area (Å²) in [7, 11) is 0. The Balaban J connectivity index is 1.18. The topological polar surface area (TPSA) is 0 Å². The van der Waals surface area contributed by atoms with Gasteiger partial charge in [0.15, 0.2) is 0 Å². The third-order valence-corrected chi connectivity index (χ3v) is 10.1. The summed E-state index contributed by atoms with van der Waals surface area (Å²) in [5.41, 5.74) is 1.51. The summed E-state index contributed by atoms with van der Waals surface area (Å²) in [6, 6.07) is 15.7. The molecule has 0 aliphatic carbocycles. The van der Waals surface area contributed by atoms with Gasteiger partial charge in [-0.3, -0.25) is 0 Å². The van der Waals surface area contributed by atoms with E-state index < -0.39 is 0 Å². The molecule has 0 heteroatoms. The molecule has 0 heterocycles. The van der Waals surface area contributed by atoms with Gasteiger partial charge in [-0.2, -0.15) is 0 Å². The predicted molar refractivity (Wildman–Crippen MR) is 201 cm³/mol. The van der Waals surface area contributed by atoms with Crippen LogP contribution in [0.15, 0.2) is 42.5 Å². The predicted octanol–water partition coefficient (Wildman–Crippen LogP) is 15.9. The van der Waals surface area contributed by atoms with Crippen LogP contribution in [0.3, 0.4) is 0 Å². The lowest BCUT2D eigenvalue weighted by Crippen LogP contribution is -1.87. The molecule has 0 bridgehead atoms. The number of hydrogen-bond acceptors (Lipinski definition) is 0. The Morgan fingerprint density at radius 2 is 0.591 bits per heavy atom. The second-order valence-electron chi connectivity index (χ2n) is 14.4. The molecule has 44 heavy (non-hydrogen) atoms. The van der Waals surface area contributed by atoms with Gasteiger partial charge in [-0.25, -0.2) is 0 Å². The molecule has 0 spiro atoms. The Hall–Kier alpha value is -1.30. The van der Waals surface area contributed by atoms with Crippen LogP contribution in [0.1, 0.15) is 218 Å². The Morgan fingerprint density at radius 1 is 0.295 bits per heavy atom. The van der Waals surface area contributed by atoms with Crippen LogP contribution in [0.4, 0.5) is 0 Å². The summed E-state index contributed by atoms with van der Waals surface area (Å²) < 4.78 is 0. The van der Waals surface area contributed by atoms with Crippen molar-refractivity contribution in [2.24, 2.45) is 0 Å². The molecule has 2 rings (SSSR count). The lowest BCUT2D eigenvalue weighted by molar-refractivity contribution is 0.512. The molecule has 252 valence electrons. The Morgan fingerprint density at radius 3 is 0.932 bits per heavy atom. The number of fused-ring (bicyclic) bond motifs is 1. The first-order valence-corrected chi connectivity index (χ1v) is 20.4. The average molecular weight is 605 g/mol. The van der Waals surface area contributed by atoms with Crippen molar-refractivity contribution >= 4 is 10.8 Å². The lowest BCUT2D eigenvalue weighted by atomic mass is 10.0. The minimum Gasteiger partial charge on any atom is -0.0654 e. The van der Waals surface area contributed by atoms with Gasteiger partial charge >= 0.3 is 0 Å². The third-order valence-electron chi connectivity index (χ3n) is 10.1. The molecule has 0 nitrogen and oxygen atoms in total. The van der Waals surface area contributed by atoms with Crippen molar-refractivity contribution in [1.29, 1.82) is 0 Å². The molecule has 0 saturated carbocycles. The first-order valence-electron chi connectivity index (χ1n) is 20.4. The molecule has 0 aromatic heterocycles. The SMILES string of the molecule is CCCCCCCCCCCCCCCCCCCCCCCCCCCCCCCCCCc1ccc2ccccc2c1. The molecule has 0 N–H and O–H groups in total. The second-order valence-corrected chi connectivity index (χ2v) is 14.4. The number of hydrogen-bond donors (Lipinski definition) is 0. The van der Waals surface area contributed by atoms with Crippen LogP contribution in [0.5, 0.6) is 0 Å². The Labute approximate surface area is 277 Å². The molecule has 0 aliphatic heterocycles. The van der Waals surface area contributed by atoms with Gasteiger partial charge in [0.05, 0.1) is 0 Å². The minimum atomic E-state index is 1.24. The first-order chi connectivity index (χ1) is 21.9. The number of benzene rings is 2. The summed E-state index contributed by atoms with van der Waals surface area (Å²) >= 11 is 0. The maximum Gasteiger partial charge on any atom is -0.0181 e. The highest BCUT2D eigenvalue weighted by atomic mass is 14.0. The van der Waals surface area contributed by atoms with E-state index in [1.165, 1.54) is 228 Å². The summed E-state index contributed by atoms with van der Waals surface area (Å²) in [5, 5.41) is 2.75. The lowest BCUT2D eigenvalue weighted by Gasteiger charge is -2.05. The van der Waals surface area contributed by atoms with Gasteiger partial charge in [-0.15, -0.1) is 0 Å². The second kappa shape index (κ2) is 30.4. The highest BCUT2D eigenvalue weighted by Gasteiger charge is 1.99. The van der Waals surface area contributed by atoms with Crippen LogP contribution in [0.25, 0.3) is 10.8 Å². The van der Waals surface area contributed by atoms with Gasteiger partial charge < -0.3 is 0 Å². The molecular formula is C44H76. The summed E-state index contributed by atoms with van der Waals surface area (Å²) in [6.07, 6.45) is 48.2. The van der Waals surface area contributed by atoms with Gasteiger partial charge in [-0.05, 0) is 29.2 Å². The molecule has 0 aliphatic rings. The van der Waals surface area contributed by atoms with Crippen LogP contribution in [0, 0.1) is 0 Å². The molecule has 0 atom stereocenters. The fourth-order valence-electron chi connectivity index (χ4n) is 7.10. The monoisotopic (exact) mass is 605 g/mol. The summed E-state index contributed by atoms with van der Waals surface area (Å²) in [5.74, 6) is 0. The number of rotatable bonds is 33. The van der Waals surface area contributed by atoms with E-state index in [2.05, 4.69) is 49.4 Å². The van der Waals surface area contributed by atoms with Crippen LogP contribution in [-0.4, -0.2) is 0 Å². The summed E-state index contributed by atoms with van der Waals surface area (Å²) in [6.45, 7) is 2.31. The minimum absolute atomic E-state index is 1.24. The first kappa shape index (κ1) is 38.9. The van der Waals surface area contributed by atoms with Crippen molar-refractivity contribution in [3.05, 3.63) is 48.0 Å². The molecule has 0 fully saturated rings. The van der Waals surface area contributed by atoms with Crippen LogP contribution < -0.4 is 0 Å². The molecule has 2 aromatic rings. The molecule has 0 saturated heterocycles. The van der Waals surface area contributed by atoms with Crippen molar-refractivity contribution in [1.82, 2.24) is 0 Å². The highest BCUT2D eigenvalue weighted by Crippen LogP contribution is 2.19. The maximum atomic E-state index is 2.39. The van der Waals surface area contributed by atoms with Gasteiger partial charge in [0.2, 0.25) is 0 Å². The quantitative estimate of drug-likeness (QED) is 0.0711. The van der Waals surface area contributed by atoms with Crippen LogP contribution >= 0.6 is 0 Å². The van der Waals surface area contributed by atoms with E-state index in [0.717, 1.165) is 0 Å². The van der Waals surface area contributed by atoms with E-state index in [1.54, 1.807) is 0 Å². The average Bonchev–Trinajstić information content (AvgIpc) is 3.05. The zero-order chi connectivity index (χ0) is 31.0. The molecule has 0 unspecified atom stereocenters. The Kier molecular flexibility index (Phi) is 26.8. The van der Waals surface area contributed by atoms with Gasteiger partial charge in [0.25, 0.3) is 0 Å². The van der Waals surface area contributed by atoms with Crippen molar-refractivity contribution in [2.45, 2.75) is 219 Å². The normalized spacial score (nSPS) is 11.6. The third kappa shape index (κ3) is 23.1. The molecular weight excluding hydrogens is 528 g/mol. The molecule has 0 radical (unpaired) electrons. The fraction of sp³-hybridized carbons (Fsp3) is 0.773. The van der Waals surface area contributed by atoms with Gasteiger partial charge in [0.1, 0.15) is 0 Å². The van der Waals surface area contributed by atoms with E-state index >= 15 is 0 Å². The number of unbranched alkanes of at least 4 members (excludes halogenated alkanes) is 31. The van der Waals surface area contributed by atoms with Crippen molar-refractivity contribution < 1.29 is 0 Å². The van der Waals surface area contributed by atoms with Gasteiger partial charge in [0, 0.05) is 0 Å². The molecule has 0 amide bonds. The summed E-state index contributed by atoms with van der Waals surface area (Å²) in [4.78, 5) is 0. The Bertz CT molecular complexity index is 850. The highest BCUT2D eigenvalue weighted by molar-refractivity contribution is 5.82. The maximum absolute atomic E-state index is 2.39. The van der Waals surface area contributed by atoms with E-state index in [-0.39, 0.29) is 0 Å². The zero-order valence-electron chi connectivity index (χ0n) is 29.9. The van der Waals surface area contributed by atoms with E-state index in [1.807, 2.05) is 0 Å². The molecule has 2 aromatic carbocycles. The van der Waals surface area contributed by atoms with Crippen LogP contribution in [0.2, 0.25) is 0 Å². The fourth-order valence-corrected chi connectivity index (χ4v) is 7.10. The van der Waals surface area contributed by atoms with Crippen molar-refractivity contribution in [3.63, 3.8) is 0 Å². The van der Waals surface area contributed by atoms with Crippen LogP contribution in [-0.2, 0) is 6.42 Å². The van der Waals surface area contributed by atoms with E-state index in [9.17, 15) is 0 Å². The van der Waals surface area contributed by atoms with Gasteiger partial charge in [-0.1, -0.05) is 248 Å². The zero-order valence-corrected chi connectivity index (χ0v) is 29.9. The smallest absolute Gasteiger partial charge is 0.0181 e. The van der Waals surface area contributed by atoms with E-state index in [0.29, 0.717) is 0 Å². The number of aryl methyl sites for hydroxylation is 1.